The summed E-state index contributed by atoms with van der Waals surface area (Å²) in [6.45, 7) is 4.74. The third kappa shape index (κ3) is 3.30. The van der Waals surface area contributed by atoms with Crippen molar-refractivity contribution in [2.45, 2.75) is 26.4 Å². The van der Waals surface area contributed by atoms with Gasteiger partial charge in [-0.25, -0.2) is 9.37 Å². The zero-order valence-corrected chi connectivity index (χ0v) is 12.1. The van der Waals surface area contributed by atoms with Crippen LogP contribution in [0.25, 0.3) is 0 Å². The van der Waals surface area contributed by atoms with Crippen molar-refractivity contribution in [3.05, 3.63) is 45.7 Å². The first-order chi connectivity index (χ1) is 9.11. The second-order valence-corrected chi connectivity index (χ2v) is 5.30. The Balaban J connectivity index is 2.02. The number of rotatable bonds is 5. The Morgan fingerprint density at radius 2 is 2.26 bits per heavy atom. The molecule has 0 saturated carbocycles. The van der Waals surface area contributed by atoms with Gasteiger partial charge in [-0.05, 0) is 31.5 Å². The summed E-state index contributed by atoms with van der Waals surface area (Å²) in [5.74, 6) is -0.0585. The van der Waals surface area contributed by atoms with Gasteiger partial charge in [-0.3, -0.25) is 0 Å². The Kier molecular flexibility index (Phi) is 4.50. The highest BCUT2D eigenvalue weighted by Gasteiger charge is 2.10. The fourth-order valence-electron chi connectivity index (χ4n) is 1.81. The molecule has 1 heterocycles. The molecule has 19 heavy (non-hydrogen) atoms. The highest BCUT2D eigenvalue weighted by molar-refractivity contribution is 7.09. The Morgan fingerprint density at radius 3 is 2.84 bits per heavy atom. The zero-order chi connectivity index (χ0) is 13.8. The number of hydrogen-bond acceptors (Lipinski definition) is 4. The highest BCUT2D eigenvalue weighted by atomic mass is 32.1. The summed E-state index contributed by atoms with van der Waals surface area (Å²) in [6.07, 6.45) is 0. The first kappa shape index (κ1) is 14.0. The molecule has 1 unspecified atom stereocenters. The molecule has 2 aromatic rings. The van der Waals surface area contributed by atoms with E-state index in [2.05, 4.69) is 10.3 Å². The topological polar surface area (TPSA) is 34.1 Å². The van der Waals surface area contributed by atoms with Crippen molar-refractivity contribution >= 4 is 11.3 Å². The van der Waals surface area contributed by atoms with E-state index in [1.807, 2.05) is 25.4 Å². The average Bonchev–Trinajstić information content (AvgIpc) is 2.81. The molecule has 0 spiro atoms. The standard InChI is InChI=1S/C14H17FN2OS/c1-9(16-7-14-10(2)17-8-19-14)11-4-5-13(18-3)12(15)6-11/h4-6,8-9,16H,7H2,1-3H3. The Bertz CT molecular complexity index is 556. The van der Waals surface area contributed by atoms with Gasteiger partial charge < -0.3 is 10.1 Å². The lowest BCUT2D eigenvalue weighted by Crippen LogP contribution is -2.18. The van der Waals surface area contributed by atoms with E-state index < -0.39 is 0 Å². The van der Waals surface area contributed by atoms with E-state index in [-0.39, 0.29) is 17.6 Å². The fraction of sp³-hybridized carbons (Fsp3) is 0.357. The summed E-state index contributed by atoms with van der Waals surface area (Å²) in [7, 11) is 1.46. The predicted octanol–water partition coefficient (Wildman–Crippen LogP) is 3.45. The van der Waals surface area contributed by atoms with Crippen molar-refractivity contribution in [1.29, 1.82) is 0 Å². The molecule has 1 atom stereocenters. The van der Waals surface area contributed by atoms with Crippen LogP contribution in [0.3, 0.4) is 0 Å². The van der Waals surface area contributed by atoms with E-state index in [9.17, 15) is 4.39 Å². The number of thiazole rings is 1. The molecule has 0 aliphatic carbocycles. The lowest BCUT2D eigenvalue weighted by molar-refractivity contribution is 0.385. The average molecular weight is 280 g/mol. The minimum absolute atomic E-state index is 0.0712. The SMILES string of the molecule is COc1ccc(C(C)NCc2scnc2C)cc1F. The van der Waals surface area contributed by atoms with Gasteiger partial charge in [0, 0.05) is 17.5 Å². The summed E-state index contributed by atoms with van der Waals surface area (Å²) < 4.78 is 18.5. The fourth-order valence-corrected chi connectivity index (χ4v) is 2.54. The number of aryl methyl sites for hydroxylation is 1. The molecule has 1 aromatic carbocycles. The molecule has 0 fully saturated rings. The van der Waals surface area contributed by atoms with E-state index in [1.54, 1.807) is 17.4 Å². The number of nitrogens with zero attached hydrogens (tertiary/aromatic N) is 1. The molecule has 0 saturated heterocycles. The summed E-state index contributed by atoms with van der Waals surface area (Å²) in [4.78, 5) is 5.42. The van der Waals surface area contributed by atoms with Crippen LogP contribution >= 0.6 is 11.3 Å². The number of benzene rings is 1. The number of hydrogen-bond donors (Lipinski definition) is 1. The van der Waals surface area contributed by atoms with Crippen molar-refractivity contribution < 1.29 is 9.13 Å². The van der Waals surface area contributed by atoms with Gasteiger partial charge in [0.25, 0.3) is 0 Å². The van der Waals surface area contributed by atoms with E-state index in [0.29, 0.717) is 0 Å². The predicted molar refractivity (Wildman–Crippen MR) is 75.1 cm³/mol. The van der Waals surface area contributed by atoms with E-state index in [0.717, 1.165) is 17.8 Å². The molecule has 2 rings (SSSR count). The van der Waals surface area contributed by atoms with Crippen LogP contribution in [0.4, 0.5) is 4.39 Å². The molecule has 0 radical (unpaired) electrons. The lowest BCUT2D eigenvalue weighted by atomic mass is 10.1. The van der Waals surface area contributed by atoms with Gasteiger partial charge in [-0.1, -0.05) is 6.07 Å². The van der Waals surface area contributed by atoms with Crippen molar-refractivity contribution in [2.75, 3.05) is 7.11 Å². The van der Waals surface area contributed by atoms with Crippen LogP contribution in [-0.2, 0) is 6.54 Å². The summed E-state index contributed by atoms with van der Waals surface area (Å²) >= 11 is 1.63. The van der Waals surface area contributed by atoms with Gasteiger partial charge in [0.2, 0.25) is 0 Å². The van der Waals surface area contributed by atoms with Gasteiger partial charge in [-0.15, -0.1) is 11.3 Å². The first-order valence-corrected chi connectivity index (χ1v) is 6.95. The molecule has 1 N–H and O–H groups in total. The summed E-state index contributed by atoms with van der Waals surface area (Å²) in [5, 5.41) is 3.37. The normalized spacial score (nSPS) is 12.4. The van der Waals surface area contributed by atoms with Crippen LogP contribution in [-0.4, -0.2) is 12.1 Å². The molecule has 0 bridgehead atoms. The van der Waals surface area contributed by atoms with Gasteiger partial charge in [0.15, 0.2) is 11.6 Å². The lowest BCUT2D eigenvalue weighted by Gasteiger charge is -2.14. The maximum atomic E-state index is 13.6. The molecule has 0 aliphatic rings. The number of methoxy groups -OCH3 is 1. The van der Waals surface area contributed by atoms with E-state index >= 15 is 0 Å². The van der Waals surface area contributed by atoms with Gasteiger partial charge in [0.1, 0.15) is 0 Å². The number of aromatic nitrogens is 1. The Morgan fingerprint density at radius 1 is 1.47 bits per heavy atom. The smallest absolute Gasteiger partial charge is 0.165 e. The van der Waals surface area contributed by atoms with Crippen molar-refractivity contribution in [1.82, 2.24) is 10.3 Å². The largest absolute Gasteiger partial charge is 0.494 e. The van der Waals surface area contributed by atoms with Crippen LogP contribution in [0.5, 0.6) is 5.75 Å². The quantitative estimate of drug-likeness (QED) is 0.911. The number of halogens is 1. The minimum Gasteiger partial charge on any atom is -0.494 e. The summed E-state index contributed by atoms with van der Waals surface area (Å²) in [6, 6.07) is 5.11. The molecule has 3 nitrogen and oxygen atoms in total. The maximum Gasteiger partial charge on any atom is 0.165 e. The van der Waals surface area contributed by atoms with Crippen LogP contribution in [0.2, 0.25) is 0 Å². The first-order valence-electron chi connectivity index (χ1n) is 6.07. The van der Waals surface area contributed by atoms with Crippen LogP contribution in [0.1, 0.15) is 29.1 Å². The van der Waals surface area contributed by atoms with Gasteiger partial charge in [0.05, 0.1) is 18.3 Å². The molecule has 102 valence electrons. The Hall–Kier alpha value is -1.46. The third-order valence-electron chi connectivity index (χ3n) is 3.09. The molecule has 0 amide bonds. The molecular weight excluding hydrogens is 263 g/mol. The van der Waals surface area contributed by atoms with Gasteiger partial charge >= 0.3 is 0 Å². The highest BCUT2D eigenvalue weighted by Crippen LogP contribution is 2.22. The van der Waals surface area contributed by atoms with Crippen molar-refractivity contribution in [2.24, 2.45) is 0 Å². The van der Waals surface area contributed by atoms with Crippen molar-refractivity contribution in [3.8, 4) is 5.75 Å². The van der Waals surface area contributed by atoms with E-state index in [1.165, 1.54) is 18.1 Å². The third-order valence-corrected chi connectivity index (χ3v) is 4.02. The zero-order valence-electron chi connectivity index (χ0n) is 11.2. The van der Waals surface area contributed by atoms with Gasteiger partial charge in [-0.2, -0.15) is 0 Å². The Labute approximate surface area is 116 Å². The maximum absolute atomic E-state index is 13.6. The minimum atomic E-state index is -0.331. The van der Waals surface area contributed by atoms with Crippen LogP contribution < -0.4 is 10.1 Å². The van der Waals surface area contributed by atoms with E-state index in [4.69, 9.17) is 4.74 Å². The number of nitrogens with one attached hydrogen (secondary N) is 1. The molecule has 1 aromatic heterocycles. The molecule has 0 aliphatic heterocycles. The number of ether oxygens (including phenoxy) is 1. The monoisotopic (exact) mass is 280 g/mol. The molecular formula is C14H17FN2OS. The van der Waals surface area contributed by atoms with Crippen molar-refractivity contribution in [3.63, 3.8) is 0 Å². The van der Waals surface area contributed by atoms with Crippen LogP contribution in [0.15, 0.2) is 23.7 Å². The molecule has 5 heteroatoms. The summed E-state index contributed by atoms with van der Waals surface area (Å²) in [5.41, 5.74) is 3.79. The second-order valence-electron chi connectivity index (χ2n) is 4.36. The van der Waals surface area contributed by atoms with Crippen LogP contribution in [0, 0.1) is 12.7 Å². The second kappa shape index (κ2) is 6.12.